The van der Waals surface area contributed by atoms with Crippen LogP contribution in [0.3, 0.4) is 0 Å². The molecule has 0 saturated heterocycles. The van der Waals surface area contributed by atoms with E-state index in [1.54, 1.807) is 14.2 Å². The molecular formula is C16H26IN3O3. The summed E-state index contributed by atoms with van der Waals surface area (Å²) in [7, 11) is 3.32. The highest BCUT2D eigenvalue weighted by molar-refractivity contribution is 14.0. The van der Waals surface area contributed by atoms with Crippen molar-refractivity contribution in [2.75, 3.05) is 20.8 Å². The monoisotopic (exact) mass is 435 g/mol. The Morgan fingerprint density at radius 2 is 2.22 bits per heavy atom. The third kappa shape index (κ3) is 5.42. The predicted molar refractivity (Wildman–Crippen MR) is 102 cm³/mol. The molecule has 0 saturated carbocycles. The number of nitrogens with one attached hydrogen (secondary N) is 1. The van der Waals surface area contributed by atoms with Crippen LogP contribution in [0.1, 0.15) is 25.0 Å². The fraction of sp³-hybridized carbons (Fsp3) is 0.562. The van der Waals surface area contributed by atoms with Gasteiger partial charge in [-0.3, -0.25) is 0 Å². The number of hydrogen-bond acceptors (Lipinski definition) is 4. The molecule has 2 atom stereocenters. The predicted octanol–water partition coefficient (Wildman–Crippen LogP) is 2.08. The molecule has 0 spiro atoms. The van der Waals surface area contributed by atoms with Crippen molar-refractivity contribution in [1.82, 2.24) is 5.32 Å². The average molecular weight is 435 g/mol. The van der Waals surface area contributed by atoms with Crippen LogP contribution in [-0.4, -0.2) is 38.9 Å². The van der Waals surface area contributed by atoms with Crippen molar-refractivity contribution >= 4 is 29.9 Å². The Balaban J connectivity index is 0.00000264. The zero-order valence-electron chi connectivity index (χ0n) is 14.1. The lowest BCUT2D eigenvalue weighted by molar-refractivity contribution is 0.179. The number of guanidine groups is 1. The van der Waals surface area contributed by atoms with Crippen LogP contribution in [0.4, 0.5) is 0 Å². The molecule has 0 fully saturated rings. The number of hydrogen-bond donors (Lipinski definition) is 2. The first-order chi connectivity index (χ1) is 10.5. The van der Waals surface area contributed by atoms with Gasteiger partial charge in [-0.25, -0.2) is 4.99 Å². The molecule has 6 nitrogen and oxygen atoms in total. The van der Waals surface area contributed by atoms with Crippen LogP contribution in [-0.2, 0) is 17.7 Å². The minimum atomic E-state index is 0. The van der Waals surface area contributed by atoms with Crippen molar-refractivity contribution in [3.63, 3.8) is 0 Å². The lowest BCUT2D eigenvalue weighted by Crippen LogP contribution is -2.40. The number of halogens is 1. The van der Waals surface area contributed by atoms with E-state index in [9.17, 15) is 0 Å². The van der Waals surface area contributed by atoms with Gasteiger partial charge >= 0.3 is 0 Å². The van der Waals surface area contributed by atoms with E-state index in [1.165, 1.54) is 5.56 Å². The SMILES string of the molecule is COCC(C)NC(N)=NCc1cc2c(cc1OC)CC(C)O2.I. The molecule has 1 aromatic rings. The minimum Gasteiger partial charge on any atom is -0.496 e. The van der Waals surface area contributed by atoms with Gasteiger partial charge in [-0.05, 0) is 26.0 Å². The molecule has 0 radical (unpaired) electrons. The van der Waals surface area contributed by atoms with Crippen LogP contribution in [0.2, 0.25) is 0 Å². The summed E-state index contributed by atoms with van der Waals surface area (Å²) in [6.45, 7) is 5.05. The van der Waals surface area contributed by atoms with E-state index in [0.29, 0.717) is 19.1 Å². The number of benzene rings is 1. The van der Waals surface area contributed by atoms with Gasteiger partial charge in [0.1, 0.15) is 17.6 Å². The van der Waals surface area contributed by atoms with Crippen molar-refractivity contribution in [2.24, 2.45) is 10.7 Å². The van der Waals surface area contributed by atoms with Gasteiger partial charge in [-0.15, -0.1) is 24.0 Å². The third-order valence-electron chi connectivity index (χ3n) is 3.53. The third-order valence-corrected chi connectivity index (χ3v) is 3.53. The highest BCUT2D eigenvalue weighted by atomic mass is 127. The summed E-state index contributed by atoms with van der Waals surface area (Å²) in [5.74, 6) is 2.12. The summed E-state index contributed by atoms with van der Waals surface area (Å²) >= 11 is 0. The van der Waals surface area contributed by atoms with Gasteiger partial charge in [0, 0.05) is 30.7 Å². The Morgan fingerprint density at radius 1 is 1.48 bits per heavy atom. The lowest BCUT2D eigenvalue weighted by atomic mass is 10.1. The Bertz CT molecular complexity index is 552. The minimum absolute atomic E-state index is 0. The van der Waals surface area contributed by atoms with Gasteiger partial charge in [0.2, 0.25) is 0 Å². The Morgan fingerprint density at radius 3 is 2.87 bits per heavy atom. The van der Waals surface area contributed by atoms with Gasteiger partial charge in [0.15, 0.2) is 5.96 Å². The first kappa shape index (κ1) is 19.8. The molecule has 1 aromatic carbocycles. The molecule has 1 aliphatic heterocycles. The maximum Gasteiger partial charge on any atom is 0.189 e. The lowest BCUT2D eigenvalue weighted by Gasteiger charge is -2.14. The summed E-state index contributed by atoms with van der Waals surface area (Å²) in [5.41, 5.74) is 8.03. The standard InChI is InChI=1S/C16H25N3O3.HI/c1-10(9-20-3)19-16(17)18-8-13-7-15-12(5-11(2)22-15)6-14(13)21-4;/h6-7,10-11H,5,8-9H2,1-4H3,(H3,17,18,19);1H. The van der Waals surface area contributed by atoms with E-state index in [0.717, 1.165) is 23.5 Å². The number of aliphatic imine (C=N–C) groups is 1. The van der Waals surface area contributed by atoms with Crippen molar-refractivity contribution in [2.45, 2.75) is 39.0 Å². The molecule has 3 N–H and O–H groups in total. The quantitative estimate of drug-likeness (QED) is 0.407. The van der Waals surface area contributed by atoms with Crippen LogP contribution in [0.5, 0.6) is 11.5 Å². The summed E-state index contributed by atoms with van der Waals surface area (Å²) in [6.07, 6.45) is 1.12. The van der Waals surface area contributed by atoms with Crippen molar-refractivity contribution in [3.8, 4) is 11.5 Å². The summed E-state index contributed by atoms with van der Waals surface area (Å²) in [6, 6.07) is 4.13. The Hall–Kier alpha value is -1.22. The molecule has 2 unspecified atom stereocenters. The topological polar surface area (TPSA) is 78.1 Å². The van der Waals surface area contributed by atoms with Crippen LogP contribution < -0.4 is 20.5 Å². The molecule has 2 rings (SSSR count). The number of nitrogens with zero attached hydrogens (tertiary/aromatic N) is 1. The number of ether oxygens (including phenoxy) is 3. The molecule has 130 valence electrons. The fourth-order valence-electron chi connectivity index (χ4n) is 2.56. The molecule has 0 amide bonds. The molecule has 0 bridgehead atoms. The second-order valence-electron chi connectivity index (χ2n) is 5.61. The molecule has 0 aliphatic carbocycles. The molecule has 1 aliphatic rings. The summed E-state index contributed by atoms with van der Waals surface area (Å²) in [5, 5.41) is 3.08. The van der Waals surface area contributed by atoms with Crippen molar-refractivity contribution < 1.29 is 14.2 Å². The van der Waals surface area contributed by atoms with E-state index in [1.807, 2.05) is 19.1 Å². The number of nitrogens with two attached hydrogens (primary N) is 1. The van der Waals surface area contributed by atoms with Crippen LogP contribution >= 0.6 is 24.0 Å². The van der Waals surface area contributed by atoms with Gasteiger partial charge < -0.3 is 25.3 Å². The van der Waals surface area contributed by atoms with Crippen LogP contribution in [0.25, 0.3) is 0 Å². The number of fused-ring (bicyclic) bond motifs is 1. The van der Waals surface area contributed by atoms with E-state index in [4.69, 9.17) is 19.9 Å². The molecule has 7 heteroatoms. The van der Waals surface area contributed by atoms with E-state index in [2.05, 4.69) is 17.2 Å². The Kier molecular flexibility index (Phi) is 7.90. The largest absolute Gasteiger partial charge is 0.496 e. The van der Waals surface area contributed by atoms with Gasteiger partial charge in [-0.1, -0.05) is 0 Å². The first-order valence-electron chi connectivity index (χ1n) is 7.45. The maximum absolute atomic E-state index is 5.89. The smallest absolute Gasteiger partial charge is 0.189 e. The van der Waals surface area contributed by atoms with Crippen LogP contribution in [0, 0.1) is 0 Å². The second kappa shape index (κ2) is 9.17. The fourth-order valence-corrected chi connectivity index (χ4v) is 2.56. The molecular weight excluding hydrogens is 409 g/mol. The Labute approximate surface area is 154 Å². The van der Waals surface area contributed by atoms with Gasteiger partial charge in [0.05, 0.1) is 20.3 Å². The average Bonchev–Trinajstić information content (AvgIpc) is 2.83. The van der Waals surface area contributed by atoms with E-state index in [-0.39, 0.29) is 36.1 Å². The normalized spacial score (nSPS) is 17.7. The van der Waals surface area contributed by atoms with E-state index < -0.39 is 0 Å². The second-order valence-corrected chi connectivity index (χ2v) is 5.61. The molecule has 0 aromatic heterocycles. The summed E-state index contributed by atoms with van der Waals surface area (Å²) < 4.78 is 16.3. The zero-order chi connectivity index (χ0) is 16.1. The maximum atomic E-state index is 5.89. The highest BCUT2D eigenvalue weighted by Gasteiger charge is 2.21. The number of methoxy groups -OCH3 is 2. The van der Waals surface area contributed by atoms with E-state index >= 15 is 0 Å². The number of rotatable bonds is 6. The molecule has 1 heterocycles. The van der Waals surface area contributed by atoms with Gasteiger partial charge in [0.25, 0.3) is 0 Å². The van der Waals surface area contributed by atoms with Gasteiger partial charge in [-0.2, -0.15) is 0 Å². The zero-order valence-corrected chi connectivity index (χ0v) is 16.4. The van der Waals surface area contributed by atoms with Crippen LogP contribution in [0.15, 0.2) is 17.1 Å². The van der Waals surface area contributed by atoms with Crippen molar-refractivity contribution in [3.05, 3.63) is 23.3 Å². The van der Waals surface area contributed by atoms with Crippen molar-refractivity contribution in [1.29, 1.82) is 0 Å². The highest BCUT2D eigenvalue weighted by Crippen LogP contribution is 2.35. The molecule has 23 heavy (non-hydrogen) atoms. The summed E-state index contributed by atoms with van der Waals surface area (Å²) in [4.78, 5) is 4.36. The first-order valence-corrected chi connectivity index (χ1v) is 7.45.